The van der Waals surface area contributed by atoms with Crippen molar-refractivity contribution in [1.29, 1.82) is 0 Å². The number of hydrogen-bond acceptors (Lipinski definition) is 8. The zero-order chi connectivity index (χ0) is 30.3. The summed E-state index contributed by atoms with van der Waals surface area (Å²) in [4.78, 5) is 51.7. The number of halogens is 1. The van der Waals surface area contributed by atoms with E-state index >= 15 is 0 Å². The first-order valence-electron chi connectivity index (χ1n) is 13.3. The van der Waals surface area contributed by atoms with Crippen molar-refractivity contribution >= 4 is 46.4 Å². The van der Waals surface area contributed by atoms with E-state index < -0.39 is 28.9 Å². The molecule has 1 fully saturated rings. The van der Waals surface area contributed by atoms with E-state index in [1.807, 2.05) is 47.8 Å². The molecule has 1 aromatic heterocycles. The number of benzene rings is 3. The highest BCUT2D eigenvalue weighted by Gasteiger charge is 2.45. The molecule has 1 N–H and O–H groups in total. The zero-order valence-corrected chi connectivity index (χ0v) is 24.3. The number of nitrogens with zero attached hydrogens (tertiary/aromatic N) is 2. The summed E-state index contributed by atoms with van der Waals surface area (Å²) in [5.74, 6) is -1.04. The van der Waals surface area contributed by atoms with E-state index in [0.717, 1.165) is 10.4 Å². The molecule has 1 aliphatic rings. The molecule has 2 atom stereocenters. The lowest BCUT2D eigenvalue weighted by Gasteiger charge is -2.42. The number of nitro benzene ring substituents is 1. The summed E-state index contributed by atoms with van der Waals surface area (Å²) in [6, 6.07) is 21.7. The molecule has 0 spiro atoms. The second kappa shape index (κ2) is 13.5. The summed E-state index contributed by atoms with van der Waals surface area (Å²) in [7, 11) is 0. The van der Waals surface area contributed by atoms with Crippen molar-refractivity contribution in [1.82, 2.24) is 10.2 Å². The van der Waals surface area contributed by atoms with Crippen molar-refractivity contribution < 1.29 is 28.8 Å². The lowest BCUT2D eigenvalue weighted by molar-refractivity contribution is -0.384. The van der Waals surface area contributed by atoms with Crippen LogP contribution in [0.2, 0.25) is 5.02 Å². The second-order valence-electron chi connectivity index (χ2n) is 9.76. The second-order valence-corrected chi connectivity index (χ2v) is 11.2. The van der Waals surface area contributed by atoms with Crippen LogP contribution >= 0.6 is 22.9 Å². The summed E-state index contributed by atoms with van der Waals surface area (Å²) in [5.41, 5.74) is 1.81. The lowest BCUT2D eigenvalue weighted by Crippen LogP contribution is -2.65. The molecule has 2 amide bonds. The van der Waals surface area contributed by atoms with E-state index in [1.165, 1.54) is 40.5 Å². The fourth-order valence-corrected chi connectivity index (χ4v) is 5.49. The predicted molar refractivity (Wildman–Crippen MR) is 160 cm³/mol. The third-order valence-electron chi connectivity index (χ3n) is 6.78. The first-order valence-corrected chi connectivity index (χ1v) is 14.5. The fourth-order valence-electron chi connectivity index (χ4n) is 4.54. The Morgan fingerprint density at radius 2 is 1.77 bits per heavy atom. The molecule has 1 aliphatic heterocycles. The predicted octanol–water partition coefficient (Wildman–Crippen LogP) is 5.24. The van der Waals surface area contributed by atoms with Gasteiger partial charge >= 0.3 is 5.97 Å². The molecular weight excluding hydrogens is 594 g/mol. The Bertz CT molecular complexity index is 1610. The van der Waals surface area contributed by atoms with Crippen LogP contribution in [0.4, 0.5) is 5.69 Å². The van der Waals surface area contributed by atoms with Crippen molar-refractivity contribution in [2.45, 2.75) is 31.7 Å². The third-order valence-corrected chi connectivity index (χ3v) is 7.95. The Labute approximate surface area is 255 Å². The van der Waals surface area contributed by atoms with Gasteiger partial charge in [0.25, 0.3) is 5.69 Å². The average Bonchev–Trinajstić information content (AvgIpc) is 3.52. The Hall–Kier alpha value is -4.74. The maximum Gasteiger partial charge on any atom is 0.333 e. The molecular formula is C31H26ClN3O7S. The van der Waals surface area contributed by atoms with Gasteiger partial charge < -0.3 is 19.7 Å². The van der Waals surface area contributed by atoms with E-state index in [-0.39, 0.29) is 42.8 Å². The van der Waals surface area contributed by atoms with Crippen LogP contribution in [-0.4, -0.2) is 40.2 Å². The van der Waals surface area contributed by atoms with E-state index in [1.54, 1.807) is 18.2 Å². The quantitative estimate of drug-likeness (QED) is 0.0993. The number of thiophene rings is 1. The van der Waals surface area contributed by atoms with Gasteiger partial charge in [-0.15, -0.1) is 11.3 Å². The van der Waals surface area contributed by atoms with Crippen LogP contribution in [0.5, 0.6) is 5.75 Å². The minimum atomic E-state index is -1.14. The zero-order valence-electron chi connectivity index (χ0n) is 22.7. The highest BCUT2D eigenvalue weighted by atomic mass is 35.5. The molecule has 0 saturated carbocycles. The molecule has 0 bridgehead atoms. The Morgan fingerprint density at radius 1 is 1.02 bits per heavy atom. The van der Waals surface area contributed by atoms with Crippen LogP contribution in [0.25, 0.3) is 0 Å². The molecule has 4 aromatic rings. The smallest absolute Gasteiger partial charge is 0.333 e. The van der Waals surface area contributed by atoms with Gasteiger partial charge in [0.05, 0.1) is 22.9 Å². The maximum absolute atomic E-state index is 13.4. The molecule has 10 nitrogen and oxygen atoms in total. The maximum atomic E-state index is 13.4. The molecule has 43 heavy (non-hydrogen) atoms. The van der Waals surface area contributed by atoms with E-state index in [0.29, 0.717) is 16.9 Å². The third kappa shape index (κ3) is 7.37. The standard InChI is InChI=1S/C31H26ClN3O7S/c32-25-15-22(10-13-27(25)41-18-20-5-2-1-3-6-20)29(31(38)42-19-21-8-11-23(12-9-21)35(39)40)34-17-26(30(34)37)33-28(36)16-24-7-4-14-43-24/h1-15,26,29H,16-19H2,(H,33,36)/t26-,29?/m0/s1. The average molecular weight is 620 g/mol. The molecule has 3 aromatic carbocycles. The summed E-state index contributed by atoms with van der Waals surface area (Å²) in [5, 5.41) is 15.8. The van der Waals surface area contributed by atoms with Crippen LogP contribution in [0.1, 0.15) is 27.6 Å². The van der Waals surface area contributed by atoms with Crippen molar-refractivity contribution in [3.8, 4) is 5.75 Å². The molecule has 0 radical (unpaired) electrons. The molecule has 1 saturated heterocycles. The van der Waals surface area contributed by atoms with Crippen molar-refractivity contribution in [3.05, 3.63) is 127 Å². The molecule has 12 heteroatoms. The minimum absolute atomic E-state index is 0.0875. The number of carbonyl (C=O) groups is 3. The summed E-state index contributed by atoms with van der Waals surface area (Å²) in [6.07, 6.45) is 0.155. The number of nitrogens with one attached hydrogen (secondary N) is 1. The number of rotatable bonds is 12. The number of hydrogen-bond donors (Lipinski definition) is 1. The summed E-state index contributed by atoms with van der Waals surface area (Å²) in [6.45, 7) is 0.219. The first-order chi connectivity index (χ1) is 20.8. The van der Waals surface area contributed by atoms with Crippen molar-refractivity contribution in [2.24, 2.45) is 0 Å². The largest absolute Gasteiger partial charge is 0.487 e. The van der Waals surface area contributed by atoms with Gasteiger partial charge in [0, 0.05) is 17.0 Å². The SMILES string of the molecule is O=C(Cc1cccs1)N[C@H]1CN(C(C(=O)OCc2ccc([N+](=O)[O-])cc2)c2ccc(OCc3ccccc3)c(Cl)c2)C1=O. The summed E-state index contributed by atoms with van der Waals surface area (Å²) >= 11 is 7.98. The number of carbonyl (C=O) groups excluding carboxylic acids is 3. The molecule has 2 heterocycles. The topological polar surface area (TPSA) is 128 Å². The van der Waals surface area contributed by atoms with E-state index in [4.69, 9.17) is 21.1 Å². The van der Waals surface area contributed by atoms with E-state index in [2.05, 4.69) is 5.32 Å². The van der Waals surface area contributed by atoms with Crippen LogP contribution < -0.4 is 10.1 Å². The fraction of sp³-hybridized carbons (Fsp3) is 0.194. The lowest BCUT2D eigenvalue weighted by atomic mass is 9.98. The Kier molecular flexibility index (Phi) is 9.33. The Balaban J connectivity index is 1.30. The number of nitro groups is 1. The number of amides is 2. The number of ether oxygens (including phenoxy) is 2. The number of likely N-dealkylation sites (tertiary alicyclic amines) is 1. The first kappa shape index (κ1) is 29.7. The van der Waals surface area contributed by atoms with Gasteiger partial charge in [-0.05, 0) is 52.4 Å². The highest BCUT2D eigenvalue weighted by Crippen LogP contribution is 2.34. The van der Waals surface area contributed by atoms with Gasteiger partial charge in [0.15, 0.2) is 6.04 Å². The monoisotopic (exact) mass is 619 g/mol. The number of esters is 1. The van der Waals surface area contributed by atoms with Gasteiger partial charge in [0.2, 0.25) is 11.8 Å². The van der Waals surface area contributed by atoms with Gasteiger partial charge in [-0.1, -0.05) is 54.1 Å². The van der Waals surface area contributed by atoms with E-state index in [9.17, 15) is 24.5 Å². The highest BCUT2D eigenvalue weighted by molar-refractivity contribution is 7.10. The number of non-ortho nitro benzene ring substituents is 1. The molecule has 1 unspecified atom stereocenters. The molecule has 0 aliphatic carbocycles. The summed E-state index contributed by atoms with van der Waals surface area (Å²) < 4.78 is 11.4. The number of β-lactam (4-membered cyclic amide) rings is 1. The van der Waals surface area contributed by atoms with Gasteiger partial charge in [-0.3, -0.25) is 19.7 Å². The van der Waals surface area contributed by atoms with Crippen LogP contribution in [0, 0.1) is 10.1 Å². The van der Waals surface area contributed by atoms with Crippen molar-refractivity contribution in [3.63, 3.8) is 0 Å². The Morgan fingerprint density at radius 3 is 2.42 bits per heavy atom. The van der Waals surface area contributed by atoms with Crippen LogP contribution in [0.3, 0.4) is 0 Å². The molecule has 5 rings (SSSR count). The molecule has 220 valence electrons. The van der Waals surface area contributed by atoms with Gasteiger partial charge in [0.1, 0.15) is 25.0 Å². The minimum Gasteiger partial charge on any atom is -0.487 e. The van der Waals surface area contributed by atoms with Gasteiger partial charge in [-0.25, -0.2) is 4.79 Å². The van der Waals surface area contributed by atoms with Crippen LogP contribution in [-0.2, 0) is 38.8 Å². The van der Waals surface area contributed by atoms with Crippen molar-refractivity contribution in [2.75, 3.05) is 6.54 Å². The van der Waals surface area contributed by atoms with Crippen LogP contribution in [0.15, 0.2) is 90.3 Å². The van der Waals surface area contributed by atoms with Gasteiger partial charge in [-0.2, -0.15) is 0 Å². The normalized spacial score (nSPS) is 14.9.